The molecule has 1 rings (SSSR count). The highest BCUT2D eigenvalue weighted by atomic mass is 16.5. The third kappa shape index (κ3) is 6.03. The molecule has 17 heavy (non-hydrogen) atoms. The van der Waals surface area contributed by atoms with Crippen molar-refractivity contribution in [3.63, 3.8) is 0 Å². The van der Waals surface area contributed by atoms with E-state index < -0.39 is 0 Å². The molecule has 0 fully saturated rings. The smallest absolute Gasteiger partial charge is 0.252 e. The van der Waals surface area contributed by atoms with E-state index >= 15 is 0 Å². The van der Waals surface area contributed by atoms with Crippen molar-refractivity contribution >= 4 is 5.82 Å². The summed E-state index contributed by atoms with van der Waals surface area (Å²) in [6.45, 7) is 4.60. The van der Waals surface area contributed by atoms with Crippen LogP contribution in [-0.2, 0) is 4.74 Å². The van der Waals surface area contributed by atoms with Crippen LogP contribution in [0.3, 0.4) is 0 Å². The van der Waals surface area contributed by atoms with Gasteiger partial charge in [0.2, 0.25) is 0 Å². The summed E-state index contributed by atoms with van der Waals surface area (Å²) < 4.78 is 5.41. The Kier molecular flexibility index (Phi) is 5.65. The number of aromatic nitrogens is 2. The Morgan fingerprint density at radius 2 is 2.24 bits per heavy atom. The average molecular weight is 240 g/mol. The lowest BCUT2D eigenvalue weighted by Crippen LogP contribution is -2.20. The zero-order chi connectivity index (χ0) is 12.7. The van der Waals surface area contributed by atoms with Gasteiger partial charge in [0.1, 0.15) is 11.6 Å². The van der Waals surface area contributed by atoms with Crippen molar-refractivity contribution in [3.8, 4) is 0 Å². The zero-order valence-corrected chi connectivity index (χ0v) is 10.6. The predicted octanol–water partition coefficient (Wildman–Crippen LogP) is 0.0684. The van der Waals surface area contributed by atoms with Crippen LogP contribution in [0, 0.1) is 6.92 Å². The molecule has 1 aromatic rings. The zero-order valence-electron chi connectivity index (χ0n) is 10.6. The molecule has 0 saturated carbocycles. The fourth-order valence-electron chi connectivity index (χ4n) is 1.27. The first kappa shape index (κ1) is 13.7. The van der Waals surface area contributed by atoms with Gasteiger partial charge < -0.3 is 19.9 Å². The van der Waals surface area contributed by atoms with E-state index in [2.05, 4.69) is 20.2 Å². The summed E-state index contributed by atoms with van der Waals surface area (Å²) in [5.74, 6) is 1.19. The van der Waals surface area contributed by atoms with E-state index in [1.807, 2.05) is 14.1 Å². The highest BCUT2D eigenvalue weighted by molar-refractivity contribution is 5.32. The van der Waals surface area contributed by atoms with Gasteiger partial charge in [0, 0.05) is 19.2 Å². The van der Waals surface area contributed by atoms with Crippen LogP contribution in [-0.4, -0.2) is 55.3 Å². The Balaban J connectivity index is 2.20. The van der Waals surface area contributed by atoms with E-state index in [4.69, 9.17) is 4.74 Å². The third-order valence-electron chi connectivity index (χ3n) is 2.10. The van der Waals surface area contributed by atoms with Crippen LogP contribution >= 0.6 is 0 Å². The van der Waals surface area contributed by atoms with Gasteiger partial charge in [-0.1, -0.05) is 0 Å². The largest absolute Gasteiger partial charge is 0.378 e. The van der Waals surface area contributed by atoms with Crippen molar-refractivity contribution in [1.29, 1.82) is 0 Å². The van der Waals surface area contributed by atoms with E-state index in [1.165, 1.54) is 6.07 Å². The molecule has 0 bridgehead atoms. The number of ether oxygens (including phenoxy) is 1. The molecule has 0 radical (unpaired) electrons. The summed E-state index contributed by atoms with van der Waals surface area (Å²) in [7, 11) is 4.01. The molecule has 0 saturated heterocycles. The van der Waals surface area contributed by atoms with Gasteiger partial charge >= 0.3 is 0 Å². The first-order valence-electron chi connectivity index (χ1n) is 5.62. The Morgan fingerprint density at radius 3 is 2.88 bits per heavy atom. The monoisotopic (exact) mass is 240 g/mol. The third-order valence-corrected chi connectivity index (χ3v) is 2.10. The SMILES string of the molecule is Cc1nc(NCCOCCN(C)C)cc(=O)[nH]1. The van der Waals surface area contributed by atoms with Crippen LogP contribution in [0.2, 0.25) is 0 Å². The molecular weight excluding hydrogens is 220 g/mol. The average Bonchev–Trinajstić information content (AvgIpc) is 2.21. The number of nitrogens with one attached hydrogen (secondary N) is 2. The minimum absolute atomic E-state index is 0.145. The summed E-state index contributed by atoms with van der Waals surface area (Å²) in [4.78, 5) is 20.0. The Bertz CT molecular complexity index is 389. The van der Waals surface area contributed by atoms with E-state index in [9.17, 15) is 4.79 Å². The standard InChI is InChI=1S/C11H20N4O2/c1-9-13-10(8-11(16)14-9)12-4-6-17-7-5-15(2)3/h8H,4-7H2,1-3H3,(H2,12,13,14,16). The number of rotatable bonds is 7. The lowest BCUT2D eigenvalue weighted by atomic mass is 10.5. The molecule has 6 heteroatoms. The van der Waals surface area contributed by atoms with Gasteiger partial charge in [-0.15, -0.1) is 0 Å². The number of hydrogen-bond donors (Lipinski definition) is 2. The normalized spacial score (nSPS) is 10.8. The number of aryl methyl sites for hydroxylation is 1. The maximum atomic E-state index is 11.1. The van der Waals surface area contributed by atoms with Crippen LogP contribution in [0.1, 0.15) is 5.82 Å². The number of anilines is 1. The van der Waals surface area contributed by atoms with Gasteiger partial charge in [-0.05, 0) is 21.0 Å². The fourth-order valence-corrected chi connectivity index (χ4v) is 1.27. The maximum absolute atomic E-state index is 11.1. The summed E-state index contributed by atoms with van der Waals surface area (Å²) in [6, 6.07) is 1.44. The lowest BCUT2D eigenvalue weighted by molar-refractivity contribution is 0.126. The quantitative estimate of drug-likeness (QED) is 0.660. The van der Waals surface area contributed by atoms with Crippen molar-refractivity contribution in [2.75, 3.05) is 45.7 Å². The van der Waals surface area contributed by atoms with E-state index in [0.717, 1.165) is 6.54 Å². The molecule has 96 valence electrons. The fraction of sp³-hybridized carbons (Fsp3) is 0.636. The maximum Gasteiger partial charge on any atom is 0.252 e. The second-order valence-electron chi connectivity index (χ2n) is 4.06. The van der Waals surface area contributed by atoms with E-state index in [1.54, 1.807) is 6.92 Å². The molecular formula is C11H20N4O2. The summed E-state index contributed by atoms with van der Waals surface area (Å²) in [5, 5.41) is 3.04. The topological polar surface area (TPSA) is 70.2 Å². The van der Waals surface area contributed by atoms with Gasteiger partial charge in [0.25, 0.3) is 5.56 Å². The van der Waals surface area contributed by atoms with Gasteiger partial charge in [-0.25, -0.2) is 4.98 Å². The second kappa shape index (κ2) is 7.03. The van der Waals surface area contributed by atoms with Crippen molar-refractivity contribution in [2.24, 2.45) is 0 Å². The van der Waals surface area contributed by atoms with Gasteiger partial charge in [0.05, 0.1) is 13.2 Å². The second-order valence-corrected chi connectivity index (χ2v) is 4.06. The van der Waals surface area contributed by atoms with Crippen LogP contribution in [0.4, 0.5) is 5.82 Å². The number of hydrogen-bond acceptors (Lipinski definition) is 5. The molecule has 0 amide bonds. The molecule has 1 heterocycles. The first-order valence-corrected chi connectivity index (χ1v) is 5.62. The highest BCUT2D eigenvalue weighted by Crippen LogP contribution is 1.96. The summed E-state index contributed by atoms with van der Waals surface area (Å²) >= 11 is 0. The van der Waals surface area contributed by atoms with Crippen LogP contribution in [0.15, 0.2) is 10.9 Å². The number of aromatic amines is 1. The van der Waals surface area contributed by atoms with Gasteiger partial charge in [-0.3, -0.25) is 4.79 Å². The molecule has 0 aliphatic carbocycles. The molecule has 1 aromatic heterocycles. The highest BCUT2D eigenvalue weighted by Gasteiger charge is 1.97. The van der Waals surface area contributed by atoms with Crippen molar-refractivity contribution in [1.82, 2.24) is 14.9 Å². The van der Waals surface area contributed by atoms with Crippen LogP contribution < -0.4 is 10.9 Å². The summed E-state index contributed by atoms with van der Waals surface area (Å²) in [5.41, 5.74) is -0.145. The van der Waals surface area contributed by atoms with Crippen molar-refractivity contribution < 1.29 is 4.74 Å². The molecule has 2 N–H and O–H groups in total. The molecule has 6 nitrogen and oxygen atoms in total. The minimum atomic E-state index is -0.145. The molecule has 0 atom stereocenters. The van der Waals surface area contributed by atoms with Crippen LogP contribution in [0.5, 0.6) is 0 Å². The number of H-pyrrole nitrogens is 1. The van der Waals surface area contributed by atoms with E-state index in [0.29, 0.717) is 31.4 Å². The Morgan fingerprint density at radius 1 is 1.47 bits per heavy atom. The molecule has 0 spiro atoms. The molecule has 0 aliphatic heterocycles. The van der Waals surface area contributed by atoms with Gasteiger partial charge in [0.15, 0.2) is 0 Å². The molecule has 0 unspecified atom stereocenters. The Hall–Kier alpha value is -1.40. The molecule has 0 aliphatic rings. The number of nitrogens with zero attached hydrogens (tertiary/aromatic N) is 2. The first-order chi connectivity index (χ1) is 8.08. The van der Waals surface area contributed by atoms with Crippen molar-refractivity contribution in [3.05, 3.63) is 22.2 Å². The van der Waals surface area contributed by atoms with Crippen LogP contribution in [0.25, 0.3) is 0 Å². The summed E-state index contributed by atoms with van der Waals surface area (Å²) in [6.07, 6.45) is 0. The van der Waals surface area contributed by atoms with Crippen molar-refractivity contribution in [2.45, 2.75) is 6.92 Å². The number of likely N-dealkylation sites (N-methyl/N-ethyl adjacent to an activating group) is 1. The predicted molar refractivity (Wildman–Crippen MR) is 67.5 cm³/mol. The van der Waals surface area contributed by atoms with Gasteiger partial charge in [-0.2, -0.15) is 0 Å². The molecule has 0 aromatic carbocycles. The van der Waals surface area contributed by atoms with E-state index in [-0.39, 0.29) is 5.56 Å². The Labute approximate surface area is 101 Å². The lowest BCUT2D eigenvalue weighted by Gasteiger charge is -2.10. The minimum Gasteiger partial charge on any atom is -0.378 e.